The highest BCUT2D eigenvalue weighted by atomic mass is 19.2. The molecule has 0 bridgehead atoms. The SMILES string of the molecule is O=C(C=Cc1c(F)c(F)c(F)c(F)c1F)NC(CO)C(=O)NCc1ccccc1. The predicted molar refractivity (Wildman–Crippen MR) is 92.6 cm³/mol. The van der Waals surface area contributed by atoms with Crippen LogP contribution in [0.4, 0.5) is 22.0 Å². The molecule has 0 spiro atoms. The van der Waals surface area contributed by atoms with E-state index in [1.54, 1.807) is 30.3 Å². The van der Waals surface area contributed by atoms with Crippen LogP contribution in [0.25, 0.3) is 6.08 Å². The molecule has 0 aliphatic carbocycles. The minimum atomic E-state index is -2.32. The first-order valence-electron chi connectivity index (χ1n) is 8.18. The van der Waals surface area contributed by atoms with Gasteiger partial charge in [-0.25, -0.2) is 22.0 Å². The van der Waals surface area contributed by atoms with Crippen LogP contribution < -0.4 is 10.6 Å². The zero-order valence-electron chi connectivity index (χ0n) is 14.7. The molecule has 0 aliphatic rings. The Kier molecular flexibility index (Phi) is 7.43. The first kappa shape index (κ1) is 22.0. The monoisotopic (exact) mass is 414 g/mol. The van der Waals surface area contributed by atoms with Crippen molar-refractivity contribution in [1.29, 1.82) is 0 Å². The first-order valence-corrected chi connectivity index (χ1v) is 8.18. The summed E-state index contributed by atoms with van der Waals surface area (Å²) in [6.45, 7) is -0.671. The van der Waals surface area contributed by atoms with Crippen LogP contribution in [0.2, 0.25) is 0 Å². The summed E-state index contributed by atoms with van der Waals surface area (Å²) in [5, 5.41) is 13.8. The second kappa shape index (κ2) is 9.78. The van der Waals surface area contributed by atoms with Gasteiger partial charge in [0, 0.05) is 12.6 Å². The van der Waals surface area contributed by atoms with E-state index in [1.807, 2.05) is 0 Å². The van der Waals surface area contributed by atoms with Crippen molar-refractivity contribution in [3.63, 3.8) is 0 Å². The van der Waals surface area contributed by atoms with Gasteiger partial charge >= 0.3 is 0 Å². The van der Waals surface area contributed by atoms with E-state index in [9.17, 15) is 36.6 Å². The Morgan fingerprint density at radius 2 is 1.48 bits per heavy atom. The quantitative estimate of drug-likeness (QED) is 0.281. The van der Waals surface area contributed by atoms with Gasteiger partial charge in [0.15, 0.2) is 23.3 Å². The van der Waals surface area contributed by atoms with Crippen LogP contribution in [-0.2, 0) is 16.1 Å². The predicted octanol–water partition coefficient (Wildman–Crippen LogP) is 2.19. The topological polar surface area (TPSA) is 78.4 Å². The molecule has 154 valence electrons. The summed E-state index contributed by atoms with van der Waals surface area (Å²) in [5.74, 6) is -12.7. The summed E-state index contributed by atoms with van der Waals surface area (Å²) in [7, 11) is 0. The maximum absolute atomic E-state index is 13.6. The Morgan fingerprint density at radius 1 is 0.931 bits per heavy atom. The van der Waals surface area contributed by atoms with Gasteiger partial charge in [0.1, 0.15) is 6.04 Å². The Morgan fingerprint density at radius 3 is 2.03 bits per heavy atom. The Hall–Kier alpha value is -3.27. The van der Waals surface area contributed by atoms with E-state index in [4.69, 9.17) is 0 Å². The van der Waals surface area contributed by atoms with Crippen molar-refractivity contribution in [2.75, 3.05) is 6.61 Å². The van der Waals surface area contributed by atoms with E-state index in [0.29, 0.717) is 12.2 Å². The summed E-state index contributed by atoms with van der Waals surface area (Å²) in [5.41, 5.74) is -0.555. The summed E-state index contributed by atoms with van der Waals surface area (Å²) < 4.78 is 66.4. The minimum Gasteiger partial charge on any atom is -0.394 e. The molecule has 2 aromatic carbocycles. The summed E-state index contributed by atoms with van der Waals surface area (Å²) in [6, 6.07) is 7.35. The van der Waals surface area contributed by atoms with Crippen LogP contribution in [0.3, 0.4) is 0 Å². The number of aliphatic hydroxyl groups excluding tert-OH is 1. The summed E-state index contributed by atoms with van der Waals surface area (Å²) in [6.07, 6.45) is 0.854. The van der Waals surface area contributed by atoms with Crippen molar-refractivity contribution in [1.82, 2.24) is 10.6 Å². The van der Waals surface area contributed by atoms with Crippen LogP contribution in [0, 0.1) is 29.1 Å². The average Bonchev–Trinajstić information content (AvgIpc) is 2.73. The number of halogens is 5. The highest BCUT2D eigenvalue weighted by Gasteiger charge is 2.24. The van der Waals surface area contributed by atoms with Crippen molar-refractivity contribution in [3.8, 4) is 0 Å². The summed E-state index contributed by atoms with van der Waals surface area (Å²) >= 11 is 0. The Labute approximate surface area is 161 Å². The third kappa shape index (κ3) is 5.38. The van der Waals surface area contributed by atoms with Gasteiger partial charge in [-0.2, -0.15) is 0 Å². The fourth-order valence-electron chi connectivity index (χ4n) is 2.25. The highest BCUT2D eigenvalue weighted by molar-refractivity contribution is 5.95. The number of hydrogen-bond acceptors (Lipinski definition) is 3. The molecule has 0 fully saturated rings. The molecule has 0 radical (unpaired) electrons. The van der Waals surface area contributed by atoms with Crippen LogP contribution in [0.5, 0.6) is 0 Å². The third-order valence-electron chi connectivity index (χ3n) is 3.77. The zero-order chi connectivity index (χ0) is 21.6. The lowest BCUT2D eigenvalue weighted by Crippen LogP contribution is -2.48. The standard InChI is InChI=1S/C19H15F5N2O3/c20-14-11(15(21)17(23)18(24)16(14)22)6-7-13(28)26-12(9-27)19(29)25-8-10-4-2-1-3-5-10/h1-7,12,27H,8-9H2,(H,25,29)(H,26,28). The third-order valence-corrected chi connectivity index (χ3v) is 3.77. The molecule has 1 atom stereocenters. The Bertz CT molecular complexity index is 906. The van der Waals surface area contributed by atoms with Gasteiger partial charge in [-0.3, -0.25) is 9.59 Å². The Balaban J connectivity index is 2.04. The molecule has 0 saturated heterocycles. The normalized spacial score (nSPS) is 12.1. The average molecular weight is 414 g/mol. The maximum Gasteiger partial charge on any atom is 0.245 e. The molecule has 0 aliphatic heterocycles. The van der Waals surface area contributed by atoms with Crippen LogP contribution in [-0.4, -0.2) is 29.6 Å². The lowest BCUT2D eigenvalue weighted by Gasteiger charge is -2.15. The van der Waals surface area contributed by atoms with E-state index in [-0.39, 0.29) is 6.54 Å². The van der Waals surface area contributed by atoms with Crippen LogP contribution >= 0.6 is 0 Å². The number of aliphatic hydroxyl groups is 1. The van der Waals surface area contributed by atoms with Crippen LogP contribution in [0.1, 0.15) is 11.1 Å². The first-order chi connectivity index (χ1) is 13.8. The molecule has 3 N–H and O–H groups in total. The van der Waals surface area contributed by atoms with Gasteiger partial charge in [-0.15, -0.1) is 0 Å². The largest absolute Gasteiger partial charge is 0.394 e. The molecular formula is C19H15F5N2O3. The number of nitrogens with one attached hydrogen (secondary N) is 2. The molecule has 0 heterocycles. The van der Waals surface area contributed by atoms with Crippen LogP contribution in [0.15, 0.2) is 36.4 Å². The number of carbonyl (C=O) groups is 2. The van der Waals surface area contributed by atoms with Gasteiger partial charge < -0.3 is 15.7 Å². The number of hydrogen-bond donors (Lipinski definition) is 3. The molecule has 0 aromatic heterocycles. The van der Waals surface area contributed by atoms with Crippen molar-refractivity contribution in [3.05, 3.63) is 76.6 Å². The van der Waals surface area contributed by atoms with Crippen molar-refractivity contribution in [2.45, 2.75) is 12.6 Å². The molecule has 2 amide bonds. The van der Waals surface area contributed by atoms with Gasteiger partial charge in [-0.05, 0) is 11.6 Å². The molecule has 29 heavy (non-hydrogen) atoms. The molecule has 1 unspecified atom stereocenters. The van der Waals surface area contributed by atoms with Crippen molar-refractivity contribution >= 4 is 17.9 Å². The smallest absolute Gasteiger partial charge is 0.245 e. The van der Waals surface area contributed by atoms with Gasteiger partial charge in [-0.1, -0.05) is 30.3 Å². The van der Waals surface area contributed by atoms with E-state index in [2.05, 4.69) is 10.6 Å². The molecule has 5 nitrogen and oxygen atoms in total. The van der Waals surface area contributed by atoms with E-state index >= 15 is 0 Å². The number of amides is 2. The number of benzene rings is 2. The maximum atomic E-state index is 13.6. The molecule has 10 heteroatoms. The fourth-order valence-corrected chi connectivity index (χ4v) is 2.25. The molecule has 2 aromatic rings. The highest BCUT2D eigenvalue weighted by Crippen LogP contribution is 2.23. The number of carbonyl (C=O) groups excluding carboxylic acids is 2. The van der Waals surface area contributed by atoms with Gasteiger partial charge in [0.05, 0.1) is 12.2 Å². The van der Waals surface area contributed by atoms with E-state index in [0.717, 1.165) is 5.56 Å². The molecule has 2 rings (SSSR count). The molecule has 0 saturated carbocycles. The van der Waals surface area contributed by atoms with Crippen molar-refractivity contribution in [2.24, 2.45) is 0 Å². The zero-order valence-corrected chi connectivity index (χ0v) is 14.7. The lowest BCUT2D eigenvalue weighted by atomic mass is 10.1. The number of rotatable bonds is 7. The second-order valence-corrected chi connectivity index (χ2v) is 5.76. The van der Waals surface area contributed by atoms with Crippen molar-refractivity contribution < 1.29 is 36.6 Å². The molecular weight excluding hydrogens is 399 g/mol. The van der Waals surface area contributed by atoms with E-state index in [1.165, 1.54) is 0 Å². The van der Waals surface area contributed by atoms with Gasteiger partial charge in [0.25, 0.3) is 0 Å². The van der Waals surface area contributed by atoms with E-state index < -0.39 is 59.1 Å². The minimum absolute atomic E-state index is 0.117. The fraction of sp³-hybridized carbons (Fsp3) is 0.158. The summed E-state index contributed by atoms with van der Waals surface area (Å²) in [4.78, 5) is 23.8. The lowest BCUT2D eigenvalue weighted by molar-refractivity contribution is -0.128. The van der Waals surface area contributed by atoms with Gasteiger partial charge in [0.2, 0.25) is 17.6 Å². The second-order valence-electron chi connectivity index (χ2n) is 5.76.